The van der Waals surface area contributed by atoms with Crippen molar-refractivity contribution in [2.75, 3.05) is 13.7 Å². The molecule has 1 N–H and O–H groups in total. The summed E-state index contributed by atoms with van der Waals surface area (Å²) in [5.74, 6) is -0.697. The summed E-state index contributed by atoms with van der Waals surface area (Å²) in [7, 11) is 1.50. The summed E-state index contributed by atoms with van der Waals surface area (Å²) in [6, 6.07) is 9.58. The zero-order chi connectivity index (χ0) is 12.7. The molecule has 92 valence electrons. The van der Waals surface area contributed by atoms with Crippen LogP contribution in [0.2, 0.25) is 0 Å². The van der Waals surface area contributed by atoms with Gasteiger partial charge in [-0.15, -0.1) is 11.8 Å². The number of benzene rings is 1. The second kappa shape index (κ2) is 6.96. The number of esters is 1. The van der Waals surface area contributed by atoms with Crippen LogP contribution in [-0.4, -0.2) is 30.8 Å². The summed E-state index contributed by atoms with van der Waals surface area (Å²) in [6.45, 7) is 1.53. The SMILES string of the molecule is CNC(=O)COC(=O)C(C)Sc1ccccc1. The fraction of sp³-hybridized carbons (Fsp3) is 0.333. The van der Waals surface area contributed by atoms with Crippen molar-refractivity contribution >= 4 is 23.6 Å². The van der Waals surface area contributed by atoms with Crippen LogP contribution in [0.3, 0.4) is 0 Å². The highest BCUT2D eigenvalue weighted by molar-refractivity contribution is 8.00. The molecule has 1 amide bonds. The van der Waals surface area contributed by atoms with E-state index in [1.807, 2.05) is 30.3 Å². The second-order valence-electron chi connectivity index (χ2n) is 3.35. The lowest BCUT2D eigenvalue weighted by Gasteiger charge is -2.10. The minimum absolute atomic E-state index is 0.227. The quantitative estimate of drug-likeness (QED) is 0.637. The number of hydrogen-bond donors (Lipinski definition) is 1. The van der Waals surface area contributed by atoms with Crippen molar-refractivity contribution in [2.45, 2.75) is 17.1 Å². The molecule has 0 spiro atoms. The van der Waals surface area contributed by atoms with E-state index in [9.17, 15) is 9.59 Å². The predicted octanol–water partition coefficient (Wildman–Crippen LogP) is 1.46. The maximum Gasteiger partial charge on any atom is 0.319 e. The second-order valence-corrected chi connectivity index (χ2v) is 4.77. The number of carbonyl (C=O) groups is 2. The minimum Gasteiger partial charge on any atom is -0.455 e. The van der Waals surface area contributed by atoms with Gasteiger partial charge in [0.15, 0.2) is 6.61 Å². The molecule has 0 bridgehead atoms. The first-order valence-corrected chi connectivity index (χ1v) is 6.10. The zero-order valence-corrected chi connectivity index (χ0v) is 10.6. The van der Waals surface area contributed by atoms with Gasteiger partial charge in [-0.25, -0.2) is 0 Å². The van der Waals surface area contributed by atoms with E-state index in [2.05, 4.69) is 5.32 Å². The number of carbonyl (C=O) groups excluding carboxylic acids is 2. The maximum atomic E-state index is 11.5. The van der Waals surface area contributed by atoms with Crippen molar-refractivity contribution in [1.29, 1.82) is 0 Å². The molecule has 4 nitrogen and oxygen atoms in total. The lowest BCUT2D eigenvalue weighted by molar-refractivity contribution is -0.147. The Bertz CT molecular complexity index is 381. The molecule has 0 saturated carbocycles. The van der Waals surface area contributed by atoms with Crippen LogP contribution in [0, 0.1) is 0 Å². The third kappa shape index (κ3) is 4.91. The summed E-state index contributed by atoms with van der Waals surface area (Å²) in [5, 5.41) is 2.05. The van der Waals surface area contributed by atoms with Gasteiger partial charge in [0.25, 0.3) is 5.91 Å². The lowest BCUT2D eigenvalue weighted by atomic mass is 10.4. The van der Waals surface area contributed by atoms with Crippen LogP contribution >= 0.6 is 11.8 Å². The summed E-state index contributed by atoms with van der Waals surface area (Å²) >= 11 is 1.40. The number of rotatable bonds is 5. The number of likely N-dealkylation sites (N-methyl/N-ethyl adjacent to an activating group) is 1. The molecule has 0 heterocycles. The molecule has 17 heavy (non-hydrogen) atoms. The number of thioether (sulfide) groups is 1. The van der Waals surface area contributed by atoms with Gasteiger partial charge in [-0.3, -0.25) is 9.59 Å². The van der Waals surface area contributed by atoms with E-state index in [0.29, 0.717) is 0 Å². The fourth-order valence-electron chi connectivity index (χ4n) is 1.08. The van der Waals surface area contributed by atoms with E-state index < -0.39 is 0 Å². The van der Waals surface area contributed by atoms with E-state index in [1.54, 1.807) is 6.92 Å². The third-order valence-corrected chi connectivity index (χ3v) is 3.10. The van der Waals surface area contributed by atoms with Gasteiger partial charge in [-0.05, 0) is 19.1 Å². The lowest BCUT2D eigenvalue weighted by Crippen LogP contribution is -2.27. The van der Waals surface area contributed by atoms with Crippen LogP contribution in [0.1, 0.15) is 6.92 Å². The first kappa shape index (κ1) is 13.6. The van der Waals surface area contributed by atoms with E-state index in [4.69, 9.17) is 4.74 Å². The molecule has 0 saturated heterocycles. The highest BCUT2D eigenvalue weighted by Gasteiger charge is 2.16. The highest BCUT2D eigenvalue weighted by atomic mass is 32.2. The Hall–Kier alpha value is -1.49. The largest absolute Gasteiger partial charge is 0.455 e. The highest BCUT2D eigenvalue weighted by Crippen LogP contribution is 2.23. The Balaban J connectivity index is 2.40. The van der Waals surface area contributed by atoms with Gasteiger partial charge in [0.2, 0.25) is 0 Å². The van der Waals surface area contributed by atoms with E-state index >= 15 is 0 Å². The Morgan fingerprint density at radius 1 is 1.35 bits per heavy atom. The molecule has 0 aliphatic rings. The molecule has 0 aliphatic heterocycles. The normalized spacial score (nSPS) is 11.6. The molecular weight excluding hydrogens is 238 g/mol. The molecule has 1 rings (SSSR count). The summed E-state index contributed by atoms with van der Waals surface area (Å²) < 4.78 is 4.86. The molecule has 5 heteroatoms. The van der Waals surface area contributed by atoms with Crippen LogP contribution in [0.25, 0.3) is 0 Å². The Labute approximate surface area is 105 Å². The molecule has 1 unspecified atom stereocenters. The van der Waals surface area contributed by atoms with Gasteiger partial charge in [0.1, 0.15) is 5.25 Å². The van der Waals surface area contributed by atoms with Crippen molar-refractivity contribution < 1.29 is 14.3 Å². The predicted molar refractivity (Wildman–Crippen MR) is 66.8 cm³/mol. The Morgan fingerprint density at radius 2 is 2.00 bits per heavy atom. The zero-order valence-electron chi connectivity index (χ0n) is 9.80. The smallest absolute Gasteiger partial charge is 0.319 e. The van der Waals surface area contributed by atoms with Gasteiger partial charge in [-0.1, -0.05) is 18.2 Å². The van der Waals surface area contributed by atoms with Gasteiger partial charge >= 0.3 is 5.97 Å². The van der Waals surface area contributed by atoms with E-state index in [-0.39, 0.29) is 23.7 Å². The topological polar surface area (TPSA) is 55.4 Å². The van der Waals surface area contributed by atoms with Crippen LogP contribution in [-0.2, 0) is 14.3 Å². The molecule has 1 aromatic carbocycles. The van der Waals surface area contributed by atoms with Crippen molar-refractivity contribution in [2.24, 2.45) is 0 Å². The molecule has 0 aromatic heterocycles. The van der Waals surface area contributed by atoms with Gasteiger partial charge in [0.05, 0.1) is 0 Å². The van der Waals surface area contributed by atoms with Crippen molar-refractivity contribution in [1.82, 2.24) is 5.32 Å². The van der Waals surface area contributed by atoms with E-state index in [1.165, 1.54) is 18.8 Å². The first-order valence-electron chi connectivity index (χ1n) is 5.22. The van der Waals surface area contributed by atoms with Gasteiger partial charge in [0, 0.05) is 11.9 Å². The van der Waals surface area contributed by atoms with Crippen LogP contribution < -0.4 is 5.32 Å². The van der Waals surface area contributed by atoms with Gasteiger partial charge < -0.3 is 10.1 Å². The maximum absolute atomic E-state index is 11.5. The number of ether oxygens (including phenoxy) is 1. The van der Waals surface area contributed by atoms with Crippen molar-refractivity contribution in [3.8, 4) is 0 Å². The fourth-order valence-corrected chi connectivity index (χ4v) is 1.96. The standard InChI is InChI=1S/C12H15NO3S/c1-9(12(15)16-8-11(14)13-2)17-10-6-4-3-5-7-10/h3-7,9H,8H2,1-2H3,(H,13,14). The first-order chi connectivity index (χ1) is 8.13. The molecule has 0 aliphatic carbocycles. The van der Waals surface area contributed by atoms with E-state index in [0.717, 1.165) is 4.90 Å². The number of hydrogen-bond acceptors (Lipinski definition) is 4. The summed E-state index contributed by atoms with van der Waals surface area (Å²) in [5.41, 5.74) is 0. The Morgan fingerprint density at radius 3 is 2.59 bits per heavy atom. The third-order valence-electron chi connectivity index (χ3n) is 2.01. The minimum atomic E-state index is -0.387. The number of nitrogens with one attached hydrogen (secondary N) is 1. The number of amides is 1. The molecule has 0 radical (unpaired) electrons. The average Bonchev–Trinajstić information content (AvgIpc) is 2.36. The summed E-state index contributed by atoms with van der Waals surface area (Å²) in [6.07, 6.45) is 0. The molecule has 1 aromatic rings. The molecule has 0 fully saturated rings. The summed E-state index contributed by atoms with van der Waals surface area (Å²) in [4.78, 5) is 23.4. The average molecular weight is 253 g/mol. The monoisotopic (exact) mass is 253 g/mol. The molecule has 1 atom stereocenters. The molecular formula is C12H15NO3S. The van der Waals surface area contributed by atoms with Crippen LogP contribution in [0.5, 0.6) is 0 Å². The Kier molecular flexibility index (Phi) is 5.56. The van der Waals surface area contributed by atoms with Crippen molar-refractivity contribution in [3.63, 3.8) is 0 Å². The van der Waals surface area contributed by atoms with Crippen LogP contribution in [0.15, 0.2) is 35.2 Å². The van der Waals surface area contributed by atoms with Crippen molar-refractivity contribution in [3.05, 3.63) is 30.3 Å². The van der Waals surface area contributed by atoms with Crippen LogP contribution in [0.4, 0.5) is 0 Å². The van der Waals surface area contributed by atoms with Gasteiger partial charge in [-0.2, -0.15) is 0 Å².